The molecule has 1 amide bonds. The Bertz CT molecular complexity index is 565. The fraction of sp³-hybridized carbons (Fsp3) is 0. The van der Waals surface area contributed by atoms with Crippen LogP contribution in [0.3, 0.4) is 0 Å². The van der Waals surface area contributed by atoms with Crippen molar-refractivity contribution in [3.63, 3.8) is 0 Å². The van der Waals surface area contributed by atoms with E-state index in [9.17, 15) is 4.79 Å². The second-order valence-electron chi connectivity index (χ2n) is 3.81. The SMILES string of the molecule is NNC(=O)/C(=C/c1ccccc1)Oc1ccccc1. The lowest BCUT2D eigenvalue weighted by atomic mass is 10.2. The predicted octanol–water partition coefficient (Wildman–Crippen LogP) is 2.10. The second-order valence-corrected chi connectivity index (χ2v) is 3.81. The first-order valence-corrected chi connectivity index (χ1v) is 5.80. The van der Waals surface area contributed by atoms with Gasteiger partial charge in [-0.25, -0.2) is 5.84 Å². The largest absolute Gasteiger partial charge is 0.452 e. The maximum Gasteiger partial charge on any atom is 0.300 e. The summed E-state index contributed by atoms with van der Waals surface area (Å²) in [6.45, 7) is 0. The molecule has 3 N–H and O–H groups in total. The number of rotatable bonds is 4. The molecule has 0 saturated carbocycles. The van der Waals surface area contributed by atoms with Gasteiger partial charge in [0.15, 0.2) is 5.76 Å². The molecule has 19 heavy (non-hydrogen) atoms. The molecule has 0 unspecified atom stereocenters. The third-order valence-corrected chi connectivity index (χ3v) is 2.42. The summed E-state index contributed by atoms with van der Waals surface area (Å²) in [6, 6.07) is 18.5. The smallest absolute Gasteiger partial charge is 0.300 e. The normalized spacial score (nSPS) is 10.9. The zero-order valence-corrected chi connectivity index (χ0v) is 10.2. The molecule has 0 aliphatic heterocycles. The molecular formula is C15H14N2O2. The Labute approximate surface area is 111 Å². The molecule has 2 aromatic carbocycles. The van der Waals surface area contributed by atoms with Crippen LogP contribution in [0.15, 0.2) is 66.4 Å². The van der Waals surface area contributed by atoms with Gasteiger partial charge in [-0.15, -0.1) is 0 Å². The molecular weight excluding hydrogens is 240 g/mol. The van der Waals surface area contributed by atoms with Crippen LogP contribution in [0.2, 0.25) is 0 Å². The van der Waals surface area contributed by atoms with Crippen LogP contribution in [0.1, 0.15) is 5.56 Å². The molecule has 0 aliphatic carbocycles. The summed E-state index contributed by atoms with van der Waals surface area (Å²) in [5.41, 5.74) is 2.93. The van der Waals surface area contributed by atoms with Gasteiger partial charge in [-0.05, 0) is 23.8 Å². The second kappa shape index (κ2) is 6.37. The monoisotopic (exact) mass is 254 g/mol. The highest BCUT2D eigenvalue weighted by atomic mass is 16.5. The summed E-state index contributed by atoms with van der Waals surface area (Å²) < 4.78 is 5.54. The van der Waals surface area contributed by atoms with Gasteiger partial charge in [0, 0.05) is 0 Å². The van der Waals surface area contributed by atoms with Crippen LogP contribution in [-0.4, -0.2) is 5.91 Å². The average Bonchev–Trinajstić information content (AvgIpc) is 2.48. The van der Waals surface area contributed by atoms with Gasteiger partial charge >= 0.3 is 5.91 Å². The minimum atomic E-state index is -0.479. The number of carbonyl (C=O) groups excluding carboxylic acids is 1. The minimum Gasteiger partial charge on any atom is -0.452 e. The van der Waals surface area contributed by atoms with Crippen LogP contribution in [0.4, 0.5) is 0 Å². The van der Waals surface area contributed by atoms with Gasteiger partial charge in [-0.3, -0.25) is 10.2 Å². The molecule has 0 heterocycles. The van der Waals surface area contributed by atoms with Crippen molar-refractivity contribution in [1.29, 1.82) is 0 Å². The van der Waals surface area contributed by atoms with E-state index in [0.717, 1.165) is 5.56 Å². The van der Waals surface area contributed by atoms with E-state index < -0.39 is 5.91 Å². The van der Waals surface area contributed by atoms with E-state index in [1.165, 1.54) is 0 Å². The lowest BCUT2D eigenvalue weighted by Gasteiger charge is -2.08. The number of hydrogen-bond donors (Lipinski definition) is 2. The summed E-state index contributed by atoms with van der Waals surface area (Å²) in [4.78, 5) is 11.7. The first kappa shape index (κ1) is 12.9. The molecule has 4 nitrogen and oxygen atoms in total. The zero-order valence-electron chi connectivity index (χ0n) is 10.2. The van der Waals surface area contributed by atoms with Crippen LogP contribution in [0, 0.1) is 0 Å². The van der Waals surface area contributed by atoms with Crippen LogP contribution >= 0.6 is 0 Å². The third-order valence-electron chi connectivity index (χ3n) is 2.42. The molecule has 0 bridgehead atoms. The summed E-state index contributed by atoms with van der Waals surface area (Å²) in [6.07, 6.45) is 1.63. The summed E-state index contributed by atoms with van der Waals surface area (Å²) in [5.74, 6) is 5.40. The van der Waals surface area contributed by atoms with Gasteiger partial charge in [0.2, 0.25) is 0 Å². The number of nitrogens with one attached hydrogen (secondary N) is 1. The summed E-state index contributed by atoms with van der Waals surface area (Å²) in [5, 5.41) is 0. The number of carbonyl (C=O) groups is 1. The molecule has 0 atom stereocenters. The van der Waals surface area contributed by atoms with E-state index in [4.69, 9.17) is 10.6 Å². The van der Waals surface area contributed by atoms with Crippen LogP contribution in [0.5, 0.6) is 5.75 Å². The van der Waals surface area contributed by atoms with Gasteiger partial charge in [0.1, 0.15) is 5.75 Å². The molecule has 96 valence electrons. The molecule has 0 fully saturated rings. The third kappa shape index (κ3) is 3.69. The quantitative estimate of drug-likeness (QED) is 0.289. The average molecular weight is 254 g/mol. The Balaban J connectivity index is 2.27. The van der Waals surface area contributed by atoms with Crippen LogP contribution in [-0.2, 0) is 4.79 Å². The van der Waals surface area contributed by atoms with Gasteiger partial charge in [-0.2, -0.15) is 0 Å². The Hall–Kier alpha value is -2.59. The minimum absolute atomic E-state index is 0.139. The Morgan fingerprint density at radius 1 is 1.00 bits per heavy atom. The van der Waals surface area contributed by atoms with E-state index >= 15 is 0 Å². The number of benzene rings is 2. The molecule has 0 saturated heterocycles. The standard InChI is InChI=1S/C15H14N2O2/c16-17-15(18)14(11-12-7-3-1-4-8-12)19-13-9-5-2-6-10-13/h1-11H,16H2,(H,17,18)/b14-11-. The number of ether oxygens (including phenoxy) is 1. The number of amides is 1. The van der Waals surface area contributed by atoms with E-state index in [2.05, 4.69) is 5.43 Å². The van der Waals surface area contributed by atoms with Crippen molar-refractivity contribution in [2.24, 2.45) is 5.84 Å². The number of hydrazine groups is 1. The Morgan fingerprint density at radius 2 is 1.58 bits per heavy atom. The Kier molecular flexibility index (Phi) is 4.31. The van der Waals surface area contributed by atoms with Crippen molar-refractivity contribution in [3.8, 4) is 5.75 Å². The van der Waals surface area contributed by atoms with Gasteiger partial charge in [0.05, 0.1) is 0 Å². The van der Waals surface area contributed by atoms with Crippen molar-refractivity contribution in [3.05, 3.63) is 72.0 Å². The molecule has 0 radical (unpaired) electrons. The van der Waals surface area contributed by atoms with Crippen molar-refractivity contribution in [2.75, 3.05) is 0 Å². The predicted molar refractivity (Wildman–Crippen MR) is 73.8 cm³/mol. The van der Waals surface area contributed by atoms with Crippen molar-refractivity contribution < 1.29 is 9.53 Å². The fourth-order valence-electron chi connectivity index (χ4n) is 1.53. The van der Waals surface area contributed by atoms with E-state index in [-0.39, 0.29) is 5.76 Å². The number of hydrogen-bond acceptors (Lipinski definition) is 3. The maximum atomic E-state index is 11.7. The molecule has 4 heteroatoms. The molecule has 0 aromatic heterocycles. The molecule has 2 aromatic rings. The van der Waals surface area contributed by atoms with Gasteiger partial charge in [-0.1, -0.05) is 48.5 Å². The van der Waals surface area contributed by atoms with E-state index in [0.29, 0.717) is 5.75 Å². The number of para-hydroxylation sites is 1. The molecule has 0 aliphatic rings. The highest BCUT2D eigenvalue weighted by Crippen LogP contribution is 2.15. The maximum absolute atomic E-state index is 11.7. The lowest BCUT2D eigenvalue weighted by molar-refractivity contribution is -0.119. The van der Waals surface area contributed by atoms with Gasteiger partial charge in [0.25, 0.3) is 0 Å². The highest BCUT2D eigenvalue weighted by Gasteiger charge is 2.10. The number of nitrogens with two attached hydrogens (primary N) is 1. The van der Waals surface area contributed by atoms with Crippen LogP contribution in [0.25, 0.3) is 6.08 Å². The topological polar surface area (TPSA) is 64.3 Å². The zero-order chi connectivity index (χ0) is 13.5. The molecule has 0 spiro atoms. The first-order chi connectivity index (χ1) is 9.29. The van der Waals surface area contributed by atoms with Gasteiger partial charge < -0.3 is 4.74 Å². The Morgan fingerprint density at radius 3 is 2.16 bits per heavy atom. The molecule has 2 rings (SSSR count). The highest BCUT2D eigenvalue weighted by molar-refractivity contribution is 5.95. The van der Waals surface area contributed by atoms with E-state index in [1.807, 2.05) is 48.5 Å². The summed E-state index contributed by atoms with van der Waals surface area (Å²) >= 11 is 0. The van der Waals surface area contributed by atoms with Crippen molar-refractivity contribution in [1.82, 2.24) is 5.43 Å². The summed E-state index contributed by atoms with van der Waals surface area (Å²) in [7, 11) is 0. The van der Waals surface area contributed by atoms with Crippen LogP contribution < -0.4 is 16.0 Å². The van der Waals surface area contributed by atoms with Crippen molar-refractivity contribution in [2.45, 2.75) is 0 Å². The lowest BCUT2D eigenvalue weighted by Crippen LogP contribution is -2.33. The first-order valence-electron chi connectivity index (χ1n) is 5.80. The van der Waals surface area contributed by atoms with Crippen molar-refractivity contribution >= 4 is 12.0 Å². The van der Waals surface area contributed by atoms with E-state index in [1.54, 1.807) is 18.2 Å². The fourth-order valence-corrected chi connectivity index (χ4v) is 1.53.